The number of rotatable bonds is 10. The van der Waals surface area contributed by atoms with Crippen molar-refractivity contribution in [2.24, 2.45) is 0 Å². The number of ether oxygens (including phenoxy) is 2. The first-order valence-corrected chi connectivity index (χ1v) is 9.16. The monoisotopic (exact) mass is 382 g/mol. The van der Waals surface area contributed by atoms with Crippen molar-refractivity contribution in [3.05, 3.63) is 66.2 Å². The standard InChI is InChI=1S/C22H26N2O4/c1-4-13-27-22(26)17-5-7-19(8-6-17)24-21(25)14-23-18-9-11-20(12-10-18)28-15-16(2)3/h5-12,23H,2,4,13-15H2,1,3H3,(H,24,25). The Labute approximate surface area is 165 Å². The van der Waals surface area contributed by atoms with Crippen LogP contribution >= 0.6 is 0 Å². The van der Waals surface area contributed by atoms with Crippen LogP contribution in [0.3, 0.4) is 0 Å². The van der Waals surface area contributed by atoms with E-state index in [0.717, 1.165) is 23.4 Å². The summed E-state index contributed by atoms with van der Waals surface area (Å²) in [6.45, 7) is 8.62. The highest BCUT2D eigenvalue weighted by Gasteiger charge is 2.07. The number of carbonyl (C=O) groups excluding carboxylic acids is 2. The van der Waals surface area contributed by atoms with Gasteiger partial charge in [0.2, 0.25) is 5.91 Å². The molecule has 1 amide bonds. The van der Waals surface area contributed by atoms with E-state index in [1.165, 1.54) is 0 Å². The molecule has 2 aromatic carbocycles. The third kappa shape index (κ3) is 7.15. The average Bonchev–Trinajstić information content (AvgIpc) is 2.70. The number of hydrogen-bond acceptors (Lipinski definition) is 5. The summed E-state index contributed by atoms with van der Waals surface area (Å²) in [5.41, 5.74) is 2.83. The van der Waals surface area contributed by atoms with E-state index in [1.54, 1.807) is 24.3 Å². The number of benzene rings is 2. The van der Waals surface area contributed by atoms with Crippen molar-refractivity contribution in [1.29, 1.82) is 0 Å². The van der Waals surface area contributed by atoms with Gasteiger partial charge in [0.05, 0.1) is 18.7 Å². The zero-order valence-electron chi connectivity index (χ0n) is 16.3. The molecule has 148 valence electrons. The summed E-state index contributed by atoms with van der Waals surface area (Å²) in [5.74, 6) is 0.191. The van der Waals surface area contributed by atoms with Gasteiger partial charge in [-0.15, -0.1) is 0 Å². The maximum Gasteiger partial charge on any atom is 0.338 e. The topological polar surface area (TPSA) is 76.7 Å². The van der Waals surface area contributed by atoms with E-state index in [-0.39, 0.29) is 18.4 Å². The summed E-state index contributed by atoms with van der Waals surface area (Å²) in [6, 6.07) is 14.0. The minimum atomic E-state index is -0.364. The Balaban J connectivity index is 1.79. The van der Waals surface area contributed by atoms with Crippen LogP contribution in [0.1, 0.15) is 30.6 Å². The SMILES string of the molecule is C=C(C)COc1ccc(NCC(=O)Nc2ccc(C(=O)OCCC)cc2)cc1. The lowest BCUT2D eigenvalue weighted by atomic mass is 10.2. The Bertz CT molecular complexity index is 798. The van der Waals surface area contributed by atoms with Gasteiger partial charge in [-0.3, -0.25) is 4.79 Å². The predicted molar refractivity (Wildman–Crippen MR) is 111 cm³/mol. The second-order valence-electron chi connectivity index (χ2n) is 6.39. The molecule has 0 saturated heterocycles. The van der Waals surface area contributed by atoms with Crippen molar-refractivity contribution in [2.75, 3.05) is 30.4 Å². The highest BCUT2D eigenvalue weighted by Crippen LogP contribution is 2.16. The molecule has 0 aliphatic rings. The van der Waals surface area contributed by atoms with Gasteiger partial charge in [0.1, 0.15) is 12.4 Å². The van der Waals surface area contributed by atoms with E-state index in [2.05, 4.69) is 17.2 Å². The molecule has 6 heteroatoms. The van der Waals surface area contributed by atoms with Crippen molar-refractivity contribution in [1.82, 2.24) is 0 Å². The zero-order valence-corrected chi connectivity index (χ0v) is 16.3. The minimum Gasteiger partial charge on any atom is -0.489 e. The fourth-order valence-corrected chi connectivity index (χ4v) is 2.23. The lowest BCUT2D eigenvalue weighted by molar-refractivity contribution is -0.114. The van der Waals surface area contributed by atoms with Crippen LogP contribution in [-0.4, -0.2) is 31.6 Å². The van der Waals surface area contributed by atoms with Crippen LogP contribution in [0.25, 0.3) is 0 Å². The summed E-state index contributed by atoms with van der Waals surface area (Å²) >= 11 is 0. The highest BCUT2D eigenvalue weighted by molar-refractivity contribution is 5.95. The summed E-state index contributed by atoms with van der Waals surface area (Å²) in [4.78, 5) is 23.9. The van der Waals surface area contributed by atoms with Gasteiger partial charge in [-0.25, -0.2) is 4.79 Å². The van der Waals surface area contributed by atoms with Crippen molar-refractivity contribution >= 4 is 23.3 Å². The molecule has 6 nitrogen and oxygen atoms in total. The number of hydrogen-bond donors (Lipinski definition) is 2. The van der Waals surface area contributed by atoms with Crippen molar-refractivity contribution in [3.8, 4) is 5.75 Å². The molecule has 0 atom stereocenters. The summed E-state index contributed by atoms with van der Waals surface area (Å²) in [6.07, 6.45) is 0.775. The molecule has 2 rings (SSSR count). The Kier molecular flexibility index (Phi) is 8.09. The molecule has 0 unspecified atom stereocenters. The second kappa shape index (κ2) is 10.8. The molecule has 0 aromatic heterocycles. The summed E-state index contributed by atoms with van der Waals surface area (Å²) < 4.78 is 10.6. The van der Waals surface area contributed by atoms with Crippen molar-refractivity contribution in [2.45, 2.75) is 20.3 Å². The molecule has 2 N–H and O–H groups in total. The van der Waals surface area contributed by atoms with Crippen LogP contribution in [0.2, 0.25) is 0 Å². The molecular formula is C22H26N2O4. The Morgan fingerprint density at radius 1 is 1.00 bits per heavy atom. The molecule has 0 bridgehead atoms. The Morgan fingerprint density at radius 2 is 1.64 bits per heavy atom. The molecule has 0 spiro atoms. The second-order valence-corrected chi connectivity index (χ2v) is 6.39. The van der Waals surface area contributed by atoms with E-state index in [9.17, 15) is 9.59 Å². The average molecular weight is 382 g/mol. The van der Waals surface area contributed by atoms with Crippen LogP contribution in [0.5, 0.6) is 5.75 Å². The van der Waals surface area contributed by atoms with Gasteiger partial charge in [-0.05, 0) is 67.4 Å². The smallest absolute Gasteiger partial charge is 0.338 e. The normalized spacial score (nSPS) is 10.1. The Hall–Kier alpha value is -3.28. The van der Waals surface area contributed by atoms with Gasteiger partial charge in [0.15, 0.2) is 0 Å². The molecule has 0 heterocycles. The zero-order chi connectivity index (χ0) is 20.4. The van der Waals surface area contributed by atoms with E-state index in [0.29, 0.717) is 24.5 Å². The third-order valence-electron chi connectivity index (χ3n) is 3.63. The predicted octanol–water partition coefficient (Wildman–Crippen LogP) is 4.26. The van der Waals surface area contributed by atoms with Gasteiger partial charge in [0, 0.05) is 11.4 Å². The number of amides is 1. The number of anilines is 2. The molecule has 0 saturated carbocycles. The molecule has 2 aromatic rings. The molecule has 0 aliphatic carbocycles. The first kappa shape index (κ1) is 21.0. The number of esters is 1. The Morgan fingerprint density at radius 3 is 2.25 bits per heavy atom. The van der Waals surface area contributed by atoms with Crippen LogP contribution in [0.4, 0.5) is 11.4 Å². The van der Waals surface area contributed by atoms with Gasteiger partial charge >= 0.3 is 5.97 Å². The van der Waals surface area contributed by atoms with Gasteiger partial charge in [0.25, 0.3) is 0 Å². The van der Waals surface area contributed by atoms with Crippen molar-refractivity contribution in [3.63, 3.8) is 0 Å². The van der Waals surface area contributed by atoms with Crippen molar-refractivity contribution < 1.29 is 19.1 Å². The third-order valence-corrected chi connectivity index (χ3v) is 3.63. The minimum absolute atomic E-state index is 0.117. The first-order valence-electron chi connectivity index (χ1n) is 9.16. The molecular weight excluding hydrogens is 356 g/mol. The molecule has 0 fully saturated rings. The van der Waals surface area contributed by atoms with Crippen LogP contribution in [-0.2, 0) is 9.53 Å². The van der Waals surface area contributed by atoms with Crippen LogP contribution in [0.15, 0.2) is 60.7 Å². The maximum absolute atomic E-state index is 12.1. The van der Waals surface area contributed by atoms with Crippen LogP contribution < -0.4 is 15.4 Å². The molecule has 0 aliphatic heterocycles. The lowest BCUT2D eigenvalue weighted by Gasteiger charge is -2.10. The fraction of sp³-hybridized carbons (Fsp3) is 0.273. The largest absolute Gasteiger partial charge is 0.489 e. The molecule has 0 radical (unpaired) electrons. The van der Waals surface area contributed by atoms with E-state index in [1.807, 2.05) is 38.1 Å². The highest BCUT2D eigenvalue weighted by atomic mass is 16.5. The van der Waals surface area contributed by atoms with Gasteiger partial charge in [-0.1, -0.05) is 13.5 Å². The fourth-order valence-electron chi connectivity index (χ4n) is 2.23. The van der Waals surface area contributed by atoms with E-state index < -0.39 is 0 Å². The van der Waals surface area contributed by atoms with E-state index in [4.69, 9.17) is 9.47 Å². The van der Waals surface area contributed by atoms with Gasteiger partial charge in [-0.2, -0.15) is 0 Å². The molecule has 28 heavy (non-hydrogen) atoms. The quantitative estimate of drug-likeness (QED) is 0.474. The van der Waals surface area contributed by atoms with Crippen LogP contribution in [0, 0.1) is 0 Å². The first-order chi connectivity index (χ1) is 13.5. The summed E-state index contributed by atoms with van der Waals surface area (Å²) in [7, 11) is 0. The number of nitrogens with one attached hydrogen (secondary N) is 2. The maximum atomic E-state index is 12.1. The lowest BCUT2D eigenvalue weighted by Crippen LogP contribution is -2.21. The number of carbonyl (C=O) groups is 2. The van der Waals surface area contributed by atoms with Gasteiger partial charge < -0.3 is 20.1 Å². The van der Waals surface area contributed by atoms with E-state index >= 15 is 0 Å². The summed E-state index contributed by atoms with van der Waals surface area (Å²) in [5, 5.41) is 5.83.